The molecule has 7 nitrogen and oxygen atoms in total. The van der Waals surface area contributed by atoms with Gasteiger partial charge in [-0.25, -0.2) is 0 Å². The molecule has 150 valence electrons. The monoisotopic (exact) mass is 486 g/mol. The van der Waals surface area contributed by atoms with Crippen LogP contribution in [0.2, 0.25) is 0 Å². The summed E-state index contributed by atoms with van der Waals surface area (Å²) in [5.74, 6) is 2.76. The quantitative estimate of drug-likeness (QED) is 0.324. The van der Waals surface area contributed by atoms with Gasteiger partial charge < -0.3 is 19.9 Å². The Morgan fingerprint density at radius 1 is 1.26 bits per heavy atom. The SMILES string of the molecule is CCNC(=NCCc1ccc(C)c(OC)c1)NCCn1cnnc1CC.I. The first-order valence-corrected chi connectivity index (χ1v) is 9.20. The van der Waals surface area contributed by atoms with Crippen molar-refractivity contribution in [1.82, 2.24) is 25.4 Å². The highest BCUT2D eigenvalue weighted by Crippen LogP contribution is 2.19. The number of aliphatic imine (C=N–C) groups is 1. The lowest BCUT2D eigenvalue weighted by molar-refractivity contribution is 0.411. The van der Waals surface area contributed by atoms with E-state index in [-0.39, 0.29) is 24.0 Å². The van der Waals surface area contributed by atoms with E-state index < -0.39 is 0 Å². The number of hydrogen-bond donors (Lipinski definition) is 2. The molecule has 0 saturated carbocycles. The maximum atomic E-state index is 5.39. The number of hydrogen-bond acceptors (Lipinski definition) is 4. The minimum absolute atomic E-state index is 0. The Labute approximate surface area is 179 Å². The molecule has 0 aliphatic carbocycles. The van der Waals surface area contributed by atoms with Crippen LogP contribution in [0.3, 0.4) is 0 Å². The van der Waals surface area contributed by atoms with Gasteiger partial charge in [0.15, 0.2) is 5.96 Å². The van der Waals surface area contributed by atoms with Crippen molar-refractivity contribution in [3.05, 3.63) is 41.5 Å². The summed E-state index contributed by atoms with van der Waals surface area (Å²) in [6.45, 7) is 9.33. The lowest BCUT2D eigenvalue weighted by atomic mass is 10.1. The van der Waals surface area contributed by atoms with Crippen LogP contribution in [0, 0.1) is 6.92 Å². The van der Waals surface area contributed by atoms with Crippen molar-refractivity contribution in [2.75, 3.05) is 26.7 Å². The topological polar surface area (TPSA) is 76.4 Å². The third-order valence-corrected chi connectivity index (χ3v) is 4.14. The van der Waals surface area contributed by atoms with E-state index in [0.29, 0.717) is 6.54 Å². The molecule has 0 atom stereocenters. The third-order valence-electron chi connectivity index (χ3n) is 4.14. The summed E-state index contributed by atoms with van der Waals surface area (Å²) in [7, 11) is 1.71. The number of guanidine groups is 1. The molecule has 8 heteroatoms. The molecule has 2 rings (SSSR count). The van der Waals surface area contributed by atoms with Gasteiger partial charge in [-0.1, -0.05) is 19.1 Å². The lowest BCUT2D eigenvalue weighted by Crippen LogP contribution is -2.39. The smallest absolute Gasteiger partial charge is 0.191 e. The number of nitrogens with zero attached hydrogens (tertiary/aromatic N) is 4. The van der Waals surface area contributed by atoms with Crippen LogP contribution in [-0.2, 0) is 19.4 Å². The summed E-state index contributed by atoms with van der Waals surface area (Å²) in [5, 5.41) is 14.7. The molecule has 0 radical (unpaired) electrons. The Bertz CT molecular complexity index is 716. The van der Waals surface area contributed by atoms with Gasteiger partial charge in [-0.05, 0) is 37.5 Å². The lowest BCUT2D eigenvalue weighted by Gasteiger charge is -2.12. The fraction of sp³-hybridized carbons (Fsp3) is 0.526. The number of nitrogens with one attached hydrogen (secondary N) is 2. The van der Waals surface area contributed by atoms with Crippen molar-refractivity contribution < 1.29 is 4.74 Å². The number of benzene rings is 1. The molecular weight excluding hydrogens is 455 g/mol. The van der Waals surface area contributed by atoms with Crippen LogP contribution in [0.15, 0.2) is 29.5 Å². The fourth-order valence-corrected chi connectivity index (χ4v) is 2.69. The summed E-state index contributed by atoms with van der Waals surface area (Å²) in [6.07, 6.45) is 3.53. The standard InChI is InChI=1S/C19H30N6O.HI/c1-5-18-24-23-14-25(18)12-11-22-19(20-6-2)21-10-9-16-8-7-15(3)17(13-16)26-4;/h7-8,13-14H,5-6,9-12H2,1-4H3,(H2,20,21,22);1H. The second-order valence-corrected chi connectivity index (χ2v) is 6.04. The van der Waals surface area contributed by atoms with Gasteiger partial charge in [-0.2, -0.15) is 0 Å². The number of methoxy groups -OCH3 is 1. The highest BCUT2D eigenvalue weighted by Gasteiger charge is 2.03. The number of aryl methyl sites for hydroxylation is 2. The fourth-order valence-electron chi connectivity index (χ4n) is 2.69. The number of halogens is 1. The number of rotatable bonds is 9. The molecule has 0 bridgehead atoms. The van der Waals surface area contributed by atoms with Crippen molar-refractivity contribution in [2.45, 2.75) is 40.2 Å². The molecule has 2 N–H and O–H groups in total. The van der Waals surface area contributed by atoms with Gasteiger partial charge in [-0.3, -0.25) is 4.99 Å². The van der Waals surface area contributed by atoms with E-state index in [0.717, 1.165) is 55.6 Å². The van der Waals surface area contributed by atoms with E-state index in [9.17, 15) is 0 Å². The second kappa shape index (κ2) is 12.5. The molecule has 0 aliphatic heterocycles. The van der Waals surface area contributed by atoms with Crippen molar-refractivity contribution in [3.8, 4) is 5.75 Å². The molecule has 0 spiro atoms. The van der Waals surface area contributed by atoms with E-state index in [2.05, 4.69) is 62.4 Å². The van der Waals surface area contributed by atoms with Crippen LogP contribution in [0.4, 0.5) is 0 Å². The molecule has 2 aromatic rings. The molecule has 0 amide bonds. The number of ether oxygens (including phenoxy) is 1. The Kier molecular flexibility index (Phi) is 10.8. The molecule has 0 aliphatic rings. The summed E-state index contributed by atoms with van der Waals surface area (Å²) in [6, 6.07) is 6.31. The Morgan fingerprint density at radius 3 is 2.78 bits per heavy atom. The summed E-state index contributed by atoms with van der Waals surface area (Å²) in [4.78, 5) is 4.66. The molecule has 1 aromatic carbocycles. The first-order valence-electron chi connectivity index (χ1n) is 9.20. The zero-order chi connectivity index (χ0) is 18.8. The summed E-state index contributed by atoms with van der Waals surface area (Å²) < 4.78 is 7.45. The van der Waals surface area contributed by atoms with E-state index in [1.54, 1.807) is 13.4 Å². The summed E-state index contributed by atoms with van der Waals surface area (Å²) in [5.41, 5.74) is 2.37. The average Bonchev–Trinajstić information content (AvgIpc) is 3.10. The highest BCUT2D eigenvalue weighted by atomic mass is 127. The maximum absolute atomic E-state index is 5.39. The Hall–Kier alpha value is -1.84. The van der Waals surface area contributed by atoms with Crippen LogP contribution in [0.5, 0.6) is 5.75 Å². The molecule has 1 aromatic heterocycles. The van der Waals surface area contributed by atoms with Crippen LogP contribution in [0.25, 0.3) is 0 Å². The second-order valence-electron chi connectivity index (χ2n) is 6.04. The first kappa shape index (κ1) is 23.2. The van der Waals surface area contributed by atoms with E-state index in [1.165, 1.54) is 5.56 Å². The predicted octanol–water partition coefficient (Wildman–Crippen LogP) is 2.57. The molecule has 0 unspecified atom stereocenters. The maximum Gasteiger partial charge on any atom is 0.191 e. The van der Waals surface area contributed by atoms with Gasteiger partial charge in [0.1, 0.15) is 17.9 Å². The zero-order valence-electron chi connectivity index (χ0n) is 16.7. The molecule has 0 fully saturated rings. The van der Waals surface area contributed by atoms with Crippen LogP contribution in [0.1, 0.15) is 30.8 Å². The van der Waals surface area contributed by atoms with Crippen LogP contribution >= 0.6 is 24.0 Å². The van der Waals surface area contributed by atoms with Crippen molar-refractivity contribution in [3.63, 3.8) is 0 Å². The predicted molar refractivity (Wildman–Crippen MR) is 120 cm³/mol. The third kappa shape index (κ3) is 7.36. The van der Waals surface area contributed by atoms with Crippen molar-refractivity contribution in [2.24, 2.45) is 4.99 Å². The largest absolute Gasteiger partial charge is 0.496 e. The molecule has 0 saturated heterocycles. The van der Waals surface area contributed by atoms with E-state index >= 15 is 0 Å². The minimum atomic E-state index is 0. The average molecular weight is 486 g/mol. The van der Waals surface area contributed by atoms with E-state index in [4.69, 9.17) is 4.74 Å². The van der Waals surface area contributed by atoms with Gasteiger partial charge in [0.25, 0.3) is 0 Å². The van der Waals surface area contributed by atoms with Gasteiger partial charge in [0.2, 0.25) is 0 Å². The normalized spacial score (nSPS) is 11.0. The van der Waals surface area contributed by atoms with Crippen LogP contribution < -0.4 is 15.4 Å². The van der Waals surface area contributed by atoms with Gasteiger partial charge in [-0.15, -0.1) is 34.2 Å². The highest BCUT2D eigenvalue weighted by molar-refractivity contribution is 14.0. The van der Waals surface area contributed by atoms with Gasteiger partial charge in [0.05, 0.1) is 7.11 Å². The summed E-state index contributed by atoms with van der Waals surface area (Å²) >= 11 is 0. The Morgan fingerprint density at radius 2 is 2.07 bits per heavy atom. The molecular formula is C19H31IN6O. The molecule has 27 heavy (non-hydrogen) atoms. The Balaban J connectivity index is 0.00000364. The zero-order valence-corrected chi connectivity index (χ0v) is 19.0. The van der Waals surface area contributed by atoms with Crippen molar-refractivity contribution >= 4 is 29.9 Å². The molecule has 1 heterocycles. The van der Waals surface area contributed by atoms with Gasteiger partial charge in [0, 0.05) is 32.6 Å². The van der Waals surface area contributed by atoms with Crippen molar-refractivity contribution in [1.29, 1.82) is 0 Å². The van der Waals surface area contributed by atoms with Gasteiger partial charge >= 0.3 is 0 Å². The van der Waals surface area contributed by atoms with E-state index in [1.807, 2.05) is 6.92 Å². The van der Waals surface area contributed by atoms with Crippen LogP contribution in [-0.4, -0.2) is 47.5 Å². The number of aromatic nitrogens is 3. The minimum Gasteiger partial charge on any atom is -0.496 e. The first-order chi connectivity index (χ1) is 12.7.